The summed E-state index contributed by atoms with van der Waals surface area (Å²) in [7, 11) is 0. The summed E-state index contributed by atoms with van der Waals surface area (Å²) in [4.78, 5) is 50.5. The number of imidazole rings is 3. The molecule has 13 nitrogen and oxygen atoms in total. The van der Waals surface area contributed by atoms with E-state index in [-0.39, 0.29) is 0 Å². The summed E-state index contributed by atoms with van der Waals surface area (Å²) in [5.74, 6) is 2.64. The molecule has 0 amide bonds. The largest absolute Gasteiger partial charge is 0.299 e. The standard InChI is InChI=1S/C40H27N5.2C39H24N4/c1-4-14-28(15-5-1)35-36(29-16-6-2-7-17-29)43-38(37(42-35)30-18-8-3-9-19-30)31-22-24-32(25-23-31)40-44-39(33-20-10-12-26-41-33)34-21-11-13-27-45(34)40;1-3-14-29-25(10-1)18-20-31-35(32-21-19-26-11-2-4-15-30(26)37(32)41-36(29)31)27-12-9-13-28(24-27)39-42-38(33-16-5-7-22-40-33)34-17-6-8-23-43(34)39;1-3-11-29-25(9-1)19-21-31-35(32-22-20-26-10-2-4-12-30(26)37(32)41-36(29)31)27-15-17-28(18-16-27)39-42-38(33-13-5-7-23-40-33)34-14-6-8-24-43(34)39/h1-27H;2*1-24H. The second-order valence-electron chi connectivity index (χ2n) is 32.5. The van der Waals surface area contributed by atoms with Gasteiger partial charge in [0.2, 0.25) is 0 Å². The van der Waals surface area contributed by atoms with Gasteiger partial charge in [0, 0.05) is 130 Å². The summed E-state index contributed by atoms with van der Waals surface area (Å²) < 4.78 is 6.43. The molecule has 0 aliphatic heterocycles. The van der Waals surface area contributed by atoms with Gasteiger partial charge in [-0.15, -0.1) is 0 Å². The first kappa shape index (κ1) is 76.7. The molecule has 26 rings (SSSR count). The van der Waals surface area contributed by atoms with E-state index in [4.69, 9.17) is 34.9 Å². The molecule has 0 radical (unpaired) electrons. The average Bonchev–Trinajstić information content (AvgIpc) is 1.68. The summed E-state index contributed by atoms with van der Waals surface area (Å²) in [6, 6.07) is 145. The van der Waals surface area contributed by atoms with E-state index in [0.29, 0.717) is 0 Å². The highest BCUT2D eigenvalue weighted by Crippen LogP contribution is 2.46. The van der Waals surface area contributed by atoms with E-state index < -0.39 is 0 Å². The van der Waals surface area contributed by atoms with Crippen LogP contribution in [-0.2, 0) is 0 Å². The van der Waals surface area contributed by atoms with Crippen LogP contribution in [-0.4, -0.2) is 63.0 Å². The lowest BCUT2D eigenvalue weighted by Crippen LogP contribution is -2.01. The van der Waals surface area contributed by atoms with Crippen LogP contribution in [0.15, 0.2) is 456 Å². The third-order valence-electron chi connectivity index (χ3n) is 24.8. The van der Waals surface area contributed by atoms with Crippen LogP contribution in [0.2, 0.25) is 0 Å². The van der Waals surface area contributed by atoms with E-state index >= 15 is 0 Å². The van der Waals surface area contributed by atoms with Crippen LogP contribution in [0.1, 0.15) is 0 Å². The van der Waals surface area contributed by atoms with Crippen LogP contribution in [0.5, 0.6) is 0 Å². The van der Waals surface area contributed by atoms with Crippen molar-refractivity contribution in [3.05, 3.63) is 456 Å². The first-order valence-corrected chi connectivity index (χ1v) is 43.8. The molecule has 0 saturated carbocycles. The minimum atomic E-state index is 0.827. The number of pyridine rings is 8. The van der Waals surface area contributed by atoms with Crippen molar-refractivity contribution in [1.29, 1.82) is 0 Å². The molecule has 0 unspecified atom stereocenters. The number of fused-ring (bicyclic) bond motifs is 15. The Morgan fingerprint density at radius 3 is 0.779 bits per heavy atom. The van der Waals surface area contributed by atoms with Gasteiger partial charge in [0.25, 0.3) is 0 Å². The molecule has 0 aliphatic rings. The van der Waals surface area contributed by atoms with Crippen LogP contribution in [0.3, 0.4) is 0 Å². The quantitative estimate of drug-likeness (QED) is 0.0857. The van der Waals surface area contributed by atoms with Crippen LogP contribution < -0.4 is 0 Å². The van der Waals surface area contributed by atoms with E-state index in [9.17, 15) is 0 Å². The Kier molecular flexibility index (Phi) is 19.2. The van der Waals surface area contributed by atoms with E-state index in [0.717, 1.165) is 195 Å². The van der Waals surface area contributed by atoms with Gasteiger partial charge in [-0.1, -0.05) is 340 Å². The molecular weight excluding hydrogens is 1600 g/mol. The molecule has 26 aromatic rings. The highest BCUT2D eigenvalue weighted by molar-refractivity contribution is 6.23. The van der Waals surface area contributed by atoms with Gasteiger partial charge >= 0.3 is 0 Å². The lowest BCUT2D eigenvalue weighted by molar-refractivity contribution is 1.16. The lowest BCUT2D eigenvalue weighted by atomic mass is 9.92. The van der Waals surface area contributed by atoms with Gasteiger partial charge in [-0.3, -0.25) is 28.2 Å². The van der Waals surface area contributed by atoms with Crippen molar-refractivity contribution in [3.63, 3.8) is 0 Å². The van der Waals surface area contributed by atoms with Gasteiger partial charge in [0.15, 0.2) is 0 Å². The molecule has 12 aromatic heterocycles. The molecule has 12 heterocycles. The van der Waals surface area contributed by atoms with Gasteiger partial charge in [-0.25, -0.2) is 34.9 Å². The van der Waals surface area contributed by atoms with Crippen molar-refractivity contribution < 1.29 is 0 Å². The minimum Gasteiger partial charge on any atom is -0.299 e. The van der Waals surface area contributed by atoms with Crippen LogP contribution in [0, 0.1) is 0 Å². The third-order valence-corrected chi connectivity index (χ3v) is 24.8. The van der Waals surface area contributed by atoms with Crippen LogP contribution in [0.25, 0.3) is 239 Å². The maximum atomic E-state index is 5.37. The highest BCUT2D eigenvalue weighted by Gasteiger charge is 2.25. The summed E-state index contributed by atoms with van der Waals surface area (Å²) in [5.41, 5.74) is 27.5. The van der Waals surface area contributed by atoms with Crippen molar-refractivity contribution in [1.82, 2.24) is 63.0 Å². The van der Waals surface area contributed by atoms with Gasteiger partial charge < -0.3 is 0 Å². The summed E-state index contributed by atoms with van der Waals surface area (Å²) in [5, 5.41) is 14.0. The van der Waals surface area contributed by atoms with Crippen molar-refractivity contribution in [2.45, 2.75) is 0 Å². The zero-order chi connectivity index (χ0) is 86.7. The average molecular weight is 1670 g/mol. The highest BCUT2D eigenvalue weighted by atomic mass is 15.1. The van der Waals surface area contributed by atoms with Crippen molar-refractivity contribution in [2.24, 2.45) is 0 Å². The van der Waals surface area contributed by atoms with E-state index in [1.807, 2.05) is 164 Å². The molecule has 0 bridgehead atoms. The molecule has 0 aliphatic carbocycles. The number of nitrogens with zero attached hydrogens (tertiary/aromatic N) is 13. The Hall–Kier alpha value is -17.9. The SMILES string of the molecule is c1ccc(-c2nc(-c3ccc(-c4c5ccc6ccccc6c5nc5c4ccc4ccccc45)cc3)n3ccccc23)nc1.c1ccc(-c2nc(-c3cccc(-c4c5ccc6ccccc6c5nc5c4ccc4ccccc45)c3)n3ccccc23)nc1.c1ccc(-c2nc(-c3ccccc3)c(-c3ccc(-c4nc(-c5ccccn5)c5ccccn45)cc3)nc2-c2ccccc2)cc1. The van der Waals surface area contributed by atoms with Gasteiger partial charge in [0.05, 0.1) is 78.5 Å². The molecule has 0 saturated heterocycles. The fraction of sp³-hybridized carbons (Fsp3) is 0. The lowest BCUT2D eigenvalue weighted by Gasteiger charge is -2.16. The Bertz CT molecular complexity index is 8680. The second-order valence-corrected chi connectivity index (χ2v) is 32.5. The molecule has 0 atom stereocenters. The normalized spacial score (nSPS) is 11.5. The zero-order valence-electron chi connectivity index (χ0n) is 70.6. The number of hydrogen-bond acceptors (Lipinski definition) is 10. The maximum absolute atomic E-state index is 5.37. The fourth-order valence-corrected chi connectivity index (χ4v) is 18.6. The van der Waals surface area contributed by atoms with Crippen molar-refractivity contribution in [3.8, 4) is 136 Å². The number of rotatable bonds is 12. The number of aromatic nitrogens is 13. The molecule has 0 fully saturated rings. The van der Waals surface area contributed by atoms with Gasteiger partial charge in [-0.2, -0.15) is 0 Å². The summed E-state index contributed by atoms with van der Waals surface area (Å²) >= 11 is 0. The Morgan fingerprint density at radius 2 is 0.435 bits per heavy atom. The zero-order valence-corrected chi connectivity index (χ0v) is 70.6. The first-order valence-electron chi connectivity index (χ1n) is 43.8. The third kappa shape index (κ3) is 13.9. The molecule has 13 heteroatoms. The smallest absolute Gasteiger partial charge is 0.145 e. The predicted octanol–water partition coefficient (Wildman–Crippen LogP) is 29.0. The van der Waals surface area contributed by atoms with Gasteiger partial charge in [0.1, 0.15) is 34.6 Å². The summed E-state index contributed by atoms with van der Waals surface area (Å²) in [6.45, 7) is 0. The molecule has 14 aromatic carbocycles. The Balaban J connectivity index is 0.000000109. The van der Waals surface area contributed by atoms with Gasteiger partial charge in [-0.05, 0) is 112 Å². The first-order chi connectivity index (χ1) is 65.0. The Labute approximate surface area is 752 Å². The molecule has 0 spiro atoms. The second kappa shape index (κ2) is 32.9. The topological polar surface area (TPSA) is 142 Å². The molecule has 131 heavy (non-hydrogen) atoms. The van der Waals surface area contributed by atoms with Crippen molar-refractivity contribution >= 4 is 103 Å². The van der Waals surface area contributed by atoms with E-state index in [1.54, 1.807) is 6.20 Å². The van der Waals surface area contributed by atoms with E-state index in [2.05, 4.69) is 314 Å². The van der Waals surface area contributed by atoms with Crippen molar-refractivity contribution in [2.75, 3.05) is 0 Å². The Morgan fingerprint density at radius 1 is 0.160 bits per heavy atom. The number of benzene rings is 14. The van der Waals surface area contributed by atoms with Crippen LogP contribution in [0.4, 0.5) is 0 Å². The predicted molar refractivity (Wildman–Crippen MR) is 535 cm³/mol. The fourth-order valence-electron chi connectivity index (χ4n) is 18.6. The maximum Gasteiger partial charge on any atom is 0.145 e. The molecule has 0 N–H and O–H groups in total. The van der Waals surface area contributed by atoms with E-state index in [1.165, 1.54) is 43.4 Å². The summed E-state index contributed by atoms with van der Waals surface area (Å²) in [6.07, 6.45) is 11.6. The molecular formula is C118H75N13. The minimum absolute atomic E-state index is 0.827. The molecule has 612 valence electrons. The number of hydrogen-bond donors (Lipinski definition) is 0. The van der Waals surface area contributed by atoms with Crippen LogP contribution >= 0.6 is 0 Å². The monoisotopic (exact) mass is 1670 g/mol.